The molecule has 3 aromatic rings. The van der Waals surface area contributed by atoms with Crippen LogP contribution in [0.25, 0.3) is 0 Å². The predicted molar refractivity (Wildman–Crippen MR) is 115 cm³/mol. The van der Waals surface area contributed by atoms with E-state index in [-0.39, 0.29) is 17.1 Å². The van der Waals surface area contributed by atoms with Gasteiger partial charge in [-0.15, -0.1) is 0 Å². The van der Waals surface area contributed by atoms with E-state index >= 15 is 0 Å². The predicted octanol–water partition coefficient (Wildman–Crippen LogP) is 4.70. The molecule has 0 N–H and O–H groups in total. The Morgan fingerprint density at radius 2 is 1.67 bits per heavy atom. The van der Waals surface area contributed by atoms with Crippen LogP contribution in [0.1, 0.15) is 18.1 Å². The van der Waals surface area contributed by atoms with Gasteiger partial charge in [-0.05, 0) is 49.7 Å². The number of benzene rings is 3. The number of aryl methyl sites for hydroxylation is 1. The third-order valence-corrected chi connectivity index (χ3v) is 6.52. The van der Waals surface area contributed by atoms with Crippen LogP contribution in [0.2, 0.25) is 0 Å². The first-order chi connectivity index (χ1) is 14.3. The first-order valence-corrected chi connectivity index (χ1v) is 10.8. The molecule has 0 atom stereocenters. The molecular weight excluding hydrogens is 404 g/mol. The molecule has 30 heavy (non-hydrogen) atoms. The van der Waals surface area contributed by atoms with E-state index in [1.807, 2.05) is 30.3 Å². The highest BCUT2D eigenvalue weighted by Gasteiger charge is 2.26. The Kier molecular flexibility index (Phi) is 6.37. The fourth-order valence-electron chi connectivity index (χ4n) is 3.01. The number of nitro groups is 1. The smallest absolute Gasteiger partial charge is 0.273 e. The van der Waals surface area contributed by atoms with E-state index in [1.54, 1.807) is 38.1 Å². The van der Waals surface area contributed by atoms with Gasteiger partial charge in [-0.3, -0.25) is 14.4 Å². The number of nitro benzene ring substituents is 1. The quantitative estimate of drug-likeness (QED) is 0.385. The summed E-state index contributed by atoms with van der Waals surface area (Å²) in [5, 5.41) is 11.2. The molecule has 0 heterocycles. The maximum atomic E-state index is 13.1. The highest BCUT2D eigenvalue weighted by Crippen LogP contribution is 2.29. The molecule has 3 aromatic carbocycles. The fraction of sp³-hybridized carbons (Fsp3) is 0.182. The van der Waals surface area contributed by atoms with Gasteiger partial charge in [0.2, 0.25) is 0 Å². The number of nitrogens with zero attached hydrogens (tertiary/aromatic N) is 2. The molecule has 0 saturated heterocycles. The lowest BCUT2D eigenvalue weighted by molar-refractivity contribution is -0.385. The second-order valence-corrected chi connectivity index (χ2v) is 8.51. The summed E-state index contributed by atoms with van der Waals surface area (Å²) in [4.78, 5) is 10.5. The van der Waals surface area contributed by atoms with Gasteiger partial charge in [0, 0.05) is 18.2 Å². The zero-order valence-corrected chi connectivity index (χ0v) is 17.5. The van der Waals surface area contributed by atoms with E-state index in [1.165, 1.54) is 16.4 Å². The molecular formula is C22H22N2O5S. The lowest BCUT2D eigenvalue weighted by Gasteiger charge is -2.23. The van der Waals surface area contributed by atoms with Gasteiger partial charge in [-0.25, -0.2) is 8.42 Å². The van der Waals surface area contributed by atoms with Crippen LogP contribution in [0, 0.1) is 17.0 Å². The van der Waals surface area contributed by atoms with E-state index in [9.17, 15) is 18.5 Å². The summed E-state index contributed by atoms with van der Waals surface area (Å²) in [5.74, 6) is 0.613. The van der Waals surface area contributed by atoms with E-state index < -0.39 is 14.9 Å². The molecule has 0 aliphatic rings. The number of hydrogen-bond donors (Lipinski definition) is 0. The first kappa shape index (κ1) is 21.3. The molecule has 0 amide bonds. The summed E-state index contributed by atoms with van der Waals surface area (Å²) in [6, 6.07) is 20.4. The van der Waals surface area contributed by atoms with Gasteiger partial charge in [0.25, 0.3) is 15.7 Å². The van der Waals surface area contributed by atoms with E-state index in [2.05, 4.69) is 0 Å². The molecule has 8 heteroatoms. The normalized spacial score (nSPS) is 11.1. The maximum Gasteiger partial charge on any atom is 0.273 e. The zero-order chi connectivity index (χ0) is 21.7. The average Bonchev–Trinajstić information content (AvgIpc) is 2.74. The van der Waals surface area contributed by atoms with Crippen molar-refractivity contribution in [2.75, 3.05) is 10.8 Å². The molecule has 156 valence electrons. The largest absolute Gasteiger partial charge is 0.489 e. The van der Waals surface area contributed by atoms with Gasteiger partial charge in [0.15, 0.2) is 0 Å². The zero-order valence-electron chi connectivity index (χ0n) is 16.7. The molecule has 0 aliphatic carbocycles. The monoisotopic (exact) mass is 426 g/mol. The number of anilines is 1. The van der Waals surface area contributed by atoms with Crippen molar-refractivity contribution >= 4 is 21.4 Å². The molecule has 0 unspecified atom stereocenters. The average molecular weight is 426 g/mol. The molecule has 3 rings (SSSR count). The molecule has 0 fully saturated rings. The number of sulfonamides is 1. The highest BCUT2D eigenvalue weighted by molar-refractivity contribution is 7.92. The van der Waals surface area contributed by atoms with Crippen molar-refractivity contribution in [2.24, 2.45) is 0 Å². The molecule has 7 nitrogen and oxygen atoms in total. The number of ether oxygens (including phenoxy) is 1. The van der Waals surface area contributed by atoms with E-state index in [0.29, 0.717) is 23.6 Å². The molecule has 0 radical (unpaired) electrons. The molecule has 0 saturated carbocycles. The Balaban J connectivity index is 1.82. The third-order valence-electron chi connectivity index (χ3n) is 4.63. The summed E-state index contributed by atoms with van der Waals surface area (Å²) in [6.07, 6.45) is 0. The van der Waals surface area contributed by atoms with Gasteiger partial charge in [0.05, 0.1) is 15.5 Å². The Morgan fingerprint density at radius 1 is 1.00 bits per heavy atom. The third kappa shape index (κ3) is 4.60. The molecule has 0 bridgehead atoms. The van der Waals surface area contributed by atoms with Crippen LogP contribution in [0.15, 0.2) is 77.7 Å². The van der Waals surface area contributed by atoms with Crippen LogP contribution in [0.4, 0.5) is 11.4 Å². The summed E-state index contributed by atoms with van der Waals surface area (Å²) in [7, 11) is -3.96. The lowest BCUT2D eigenvalue weighted by atomic mass is 10.2. The standard InChI is InChI=1S/C22H22N2O5S/c1-3-23(30(27,28)21-14-9-17(2)22(15-21)24(25)26)19-10-12-20(13-11-19)29-16-18-7-5-4-6-8-18/h4-15H,3,16H2,1-2H3. The summed E-state index contributed by atoms with van der Waals surface area (Å²) < 4.78 is 33.2. The summed E-state index contributed by atoms with van der Waals surface area (Å²) >= 11 is 0. The first-order valence-electron chi connectivity index (χ1n) is 9.37. The second-order valence-electron chi connectivity index (χ2n) is 6.64. The Labute approximate surface area is 175 Å². The van der Waals surface area contributed by atoms with Gasteiger partial charge in [0.1, 0.15) is 12.4 Å². The van der Waals surface area contributed by atoms with Crippen LogP contribution >= 0.6 is 0 Å². The van der Waals surface area contributed by atoms with Crippen LogP contribution in [-0.4, -0.2) is 19.9 Å². The van der Waals surface area contributed by atoms with Crippen molar-refractivity contribution in [2.45, 2.75) is 25.3 Å². The Bertz CT molecular complexity index is 1130. The highest BCUT2D eigenvalue weighted by atomic mass is 32.2. The lowest BCUT2D eigenvalue weighted by Crippen LogP contribution is -2.30. The van der Waals surface area contributed by atoms with Crippen LogP contribution in [-0.2, 0) is 16.6 Å². The van der Waals surface area contributed by atoms with Crippen molar-refractivity contribution < 1.29 is 18.1 Å². The molecule has 0 aliphatic heterocycles. The van der Waals surface area contributed by atoms with Gasteiger partial charge in [-0.1, -0.05) is 36.4 Å². The topological polar surface area (TPSA) is 89.8 Å². The summed E-state index contributed by atoms with van der Waals surface area (Å²) in [6.45, 7) is 3.86. The van der Waals surface area contributed by atoms with Crippen LogP contribution in [0.3, 0.4) is 0 Å². The van der Waals surface area contributed by atoms with Crippen molar-refractivity contribution in [3.05, 3.63) is 94.0 Å². The van der Waals surface area contributed by atoms with Crippen LogP contribution in [0.5, 0.6) is 5.75 Å². The number of rotatable bonds is 8. The Morgan fingerprint density at radius 3 is 2.27 bits per heavy atom. The van der Waals surface area contributed by atoms with E-state index in [0.717, 1.165) is 11.6 Å². The van der Waals surface area contributed by atoms with Gasteiger partial charge in [-0.2, -0.15) is 0 Å². The minimum Gasteiger partial charge on any atom is -0.489 e. The minimum absolute atomic E-state index is 0.119. The maximum absolute atomic E-state index is 13.1. The van der Waals surface area contributed by atoms with E-state index in [4.69, 9.17) is 4.74 Å². The summed E-state index contributed by atoms with van der Waals surface area (Å²) in [5.41, 5.74) is 1.66. The number of hydrogen-bond acceptors (Lipinski definition) is 5. The van der Waals surface area contributed by atoms with Crippen molar-refractivity contribution in [1.29, 1.82) is 0 Å². The molecule has 0 spiro atoms. The van der Waals surface area contributed by atoms with Crippen molar-refractivity contribution in [3.63, 3.8) is 0 Å². The molecule has 0 aromatic heterocycles. The van der Waals surface area contributed by atoms with Crippen molar-refractivity contribution in [3.8, 4) is 5.75 Å². The van der Waals surface area contributed by atoms with Gasteiger partial charge >= 0.3 is 0 Å². The second kappa shape index (κ2) is 8.96. The SMILES string of the molecule is CCN(c1ccc(OCc2ccccc2)cc1)S(=O)(=O)c1ccc(C)c([N+](=O)[O-])c1. The fourth-order valence-corrected chi connectivity index (χ4v) is 4.51. The van der Waals surface area contributed by atoms with Gasteiger partial charge < -0.3 is 4.74 Å². The minimum atomic E-state index is -3.96. The van der Waals surface area contributed by atoms with Crippen LogP contribution < -0.4 is 9.04 Å². The Hall–Kier alpha value is -3.39. The van der Waals surface area contributed by atoms with Crippen molar-refractivity contribution in [1.82, 2.24) is 0 Å².